The summed E-state index contributed by atoms with van der Waals surface area (Å²) in [6.45, 7) is 18.2. The molecule has 3 atom stereocenters. The minimum atomic E-state index is -0.649. The topological polar surface area (TPSA) is 116 Å². The summed E-state index contributed by atoms with van der Waals surface area (Å²) in [4.78, 5) is 20.9. The van der Waals surface area contributed by atoms with E-state index < -0.39 is 17.7 Å². The van der Waals surface area contributed by atoms with Crippen LogP contribution < -0.4 is 20.2 Å². The average molecular weight is 765 g/mol. The number of halogens is 2. The Bertz CT molecular complexity index is 1840. The highest BCUT2D eigenvalue weighted by molar-refractivity contribution is 5.54. The molecule has 7 rings (SSSR count). The van der Waals surface area contributed by atoms with Gasteiger partial charge in [-0.05, 0) is 67.9 Å². The lowest BCUT2D eigenvalue weighted by Crippen LogP contribution is -2.46. The summed E-state index contributed by atoms with van der Waals surface area (Å²) in [7, 11) is 1.83. The number of aromatic nitrogens is 6. The van der Waals surface area contributed by atoms with Crippen LogP contribution >= 0.6 is 0 Å². The summed E-state index contributed by atoms with van der Waals surface area (Å²) in [6, 6.07) is 19.5. The van der Waals surface area contributed by atoms with Crippen molar-refractivity contribution < 1.29 is 23.4 Å². The molecule has 1 N–H and O–H groups in total. The van der Waals surface area contributed by atoms with Crippen LogP contribution in [0, 0.1) is 17.6 Å². The van der Waals surface area contributed by atoms with Gasteiger partial charge in [0, 0.05) is 62.1 Å². The lowest BCUT2D eigenvalue weighted by Gasteiger charge is -2.37. The SMILES string of the molecule is CC.CC.CC.C[C@H](O)Cn1ncn(-c2ccc(N3CCN(c4ccc(OC[C@@H]5CO[C@@H](c6ccc(F)cc6F)C5)cc4)CC3)cc2)c1=O.Cn1cncn1. The molecule has 300 valence electrons. The molecular formula is C41H58F2N8O4. The molecule has 0 radical (unpaired) electrons. The molecule has 0 saturated carbocycles. The van der Waals surface area contributed by atoms with Gasteiger partial charge < -0.3 is 24.4 Å². The Kier molecular flexibility index (Phi) is 18.5. The second-order valence-corrected chi connectivity index (χ2v) is 12.3. The van der Waals surface area contributed by atoms with Gasteiger partial charge in [-0.15, -0.1) is 0 Å². The summed E-state index contributed by atoms with van der Waals surface area (Å²) < 4.78 is 43.5. The zero-order chi connectivity index (χ0) is 40.3. The lowest BCUT2D eigenvalue weighted by atomic mass is 10.0. The highest BCUT2D eigenvalue weighted by Crippen LogP contribution is 2.34. The van der Waals surface area contributed by atoms with Gasteiger partial charge in [0.2, 0.25) is 0 Å². The maximum Gasteiger partial charge on any atom is 0.350 e. The summed E-state index contributed by atoms with van der Waals surface area (Å²) >= 11 is 0. The largest absolute Gasteiger partial charge is 0.493 e. The molecule has 2 saturated heterocycles. The number of benzene rings is 3. The van der Waals surface area contributed by atoms with E-state index in [2.05, 4.69) is 37.1 Å². The molecule has 0 spiro atoms. The van der Waals surface area contributed by atoms with E-state index in [1.165, 1.54) is 34.0 Å². The van der Waals surface area contributed by atoms with Crippen molar-refractivity contribution in [1.29, 1.82) is 0 Å². The maximum absolute atomic E-state index is 14.1. The fourth-order valence-corrected chi connectivity index (χ4v) is 5.96. The van der Waals surface area contributed by atoms with E-state index in [1.807, 2.05) is 85.0 Å². The van der Waals surface area contributed by atoms with Gasteiger partial charge in [-0.2, -0.15) is 10.2 Å². The predicted molar refractivity (Wildman–Crippen MR) is 214 cm³/mol. The second-order valence-electron chi connectivity index (χ2n) is 12.3. The Morgan fingerprint density at radius 2 is 1.42 bits per heavy atom. The lowest BCUT2D eigenvalue weighted by molar-refractivity contribution is 0.100. The van der Waals surface area contributed by atoms with Crippen LogP contribution in [0.25, 0.3) is 5.69 Å². The van der Waals surface area contributed by atoms with Gasteiger partial charge in [0.1, 0.15) is 36.4 Å². The Balaban J connectivity index is 0.000000596. The van der Waals surface area contributed by atoms with Gasteiger partial charge in [0.25, 0.3) is 0 Å². The number of ether oxygens (including phenoxy) is 2. The molecule has 4 heterocycles. The van der Waals surface area contributed by atoms with Crippen LogP contribution in [0.5, 0.6) is 5.75 Å². The van der Waals surface area contributed by atoms with Crippen LogP contribution in [0.4, 0.5) is 20.2 Å². The van der Waals surface area contributed by atoms with Gasteiger partial charge >= 0.3 is 5.69 Å². The minimum absolute atomic E-state index is 0.130. The van der Waals surface area contributed by atoms with Crippen LogP contribution in [0.2, 0.25) is 0 Å². The van der Waals surface area contributed by atoms with E-state index in [0.29, 0.717) is 25.2 Å². The first-order chi connectivity index (χ1) is 26.7. The molecule has 2 fully saturated rings. The quantitative estimate of drug-likeness (QED) is 0.168. The van der Waals surface area contributed by atoms with Gasteiger partial charge in [0.05, 0.1) is 37.7 Å². The third-order valence-corrected chi connectivity index (χ3v) is 8.55. The zero-order valence-electron chi connectivity index (χ0n) is 33.5. The van der Waals surface area contributed by atoms with Crippen molar-refractivity contribution in [2.24, 2.45) is 13.0 Å². The van der Waals surface area contributed by atoms with Crippen LogP contribution in [-0.4, -0.2) is 79.7 Å². The van der Waals surface area contributed by atoms with Crippen molar-refractivity contribution >= 4 is 11.4 Å². The van der Waals surface area contributed by atoms with Crippen molar-refractivity contribution in [3.8, 4) is 11.4 Å². The van der Waals surface area contributed by atoms with E-state index >= 15 is 0 Å². The molecule has 2 aliphatic heterocycles. The molecule has 3 aromatic carbocycles. The second kappa shape index (κ2) is 23.0. The molecule has 2 aromatic heterocycles. The number of aryl methyl sites for hydroxylation is 1. The first-order valence-electron chi connectivity index (χ1n) is 19.2. The molecule has 2 aliphatic rings. The molecule has 14 heteroatoms. The van der Waals surface area contributed by atoms with E-state index in [-0.39, 0.29) is 24.3 Å². The minimum Gasteiger partial charge on any atom is -0.493 e. The Labute approximate surface area is 324 Å². The zero-order valence-corrected chi connectivity index (χ0v) is 33.5. The van der Waals surface area contributed by atoms with E-state index in [4.69, 9.17) is 9.47 Å². The van der Waals surface area contributed by atoms with Gasteiger partial charge in [0.15, 0.2) is 0 Å². The first-order valence-corrected chi connectivity index (χ1v) is 19.2. The predicted octanol–water partition coefficient (Wildman–Crippen LogP) is 7.07. The van der Waals surface area contributed by atoms with Crippen LogP contribution in [0.15, 0.2) is 90.5 Å². The molecule has 0 unspecified atom stereocenters. The van der Waals surface area contributed by atoms with E-state index in [9.17, 15) is 18.7 Å². The van der Waals surface area contributed by atoms with E-state index in [0.717, 1.165) is 55.1 Å². The Hall–Kier alpha value is -5.08. The van der Waals surface area contributed by atoms with Gasteiger partial charge in [-0.1, -0.05) is 47.6 Å². The number of piperazine rings is 1. The van der Waals surface area contributed by atoms with Crippen molar-refractivity contribution in [2.45, 2.75) is 73.6 Å². The van der Waals surface area contributed by atoms with Crippen molar-refractivity contribution in [1.82, 2.24) is 29.1 Å². The molecule has 55 heavy (non-hydrogen) atoms. The maximum atomic E-state index is 14.1. The Morgan fingerprint density at radius 1 is 0.836 bits per heavy atom. The fourth-order valence-electron chi connectivity index (χ4n) is 5.96. The molecule has 12 nitrogen and oxygen atoms in total. The van der Waals surface area contributed by atoms with Gasteiger partial charge in [-0.25, -0.2) is 27.8 Å². The number of hydrogen-bond donors (Lipinski definition) is 1. The normalized spacial score (nSPS) is 16.6. The standard InChI is InChI=1S/C32H35F2N5O4.C3H5N3.3C2H6/c1-22(40)18-39-32(41)38(21-35-39)27-5-3-25(4-6-27)36-12-14-37(15-13-36)26-7-9-28(10-8-26)42-19-23-16-31(43-20-23)29-11-2-24(33)17-30(29)34;1-6-3-4-2-5-6;3*1-2/h2-11,17,21-23,31,40H,12-16,18-20H2,1H3;2-3H,1H3;3*1-2H3/t22-,23+,31+;;;;/m0..../s1. The number of anilines is 2. The number of hydrogen-bond acceptors (Lipinski definition) is 9. The number of aliphatic hydroxyl groups is 1. The first kappa shape index (κ1) is 44.3. The summed E-state index contributed by atoms with van der Waals surface area (Å²) in [5.41, 5.74) is 3.07. The van der Waals surface area contributed by atoms with Crippen molar-refractivity contribution in [2.75, 3.05) is 49.2 Å². The number of rotatable bonds is 9. The van der Waals surface area contributed by atoms with Crippen LogP contribution in [0.3, 0.4) is 0 Å². The highest BCUT2D eigenvalue weighted by Gasteiger charge is 2.29. The highest BCUT2D eigenvalue weighted by atomic mass is 19.1. The molecule has 0 aliphatic carbocycles. The molecular weight excluding hydrogens is 706 g/mol. The Morgan fingerprint density at radius 3 is 1.93 bits per heavy atom. The van der Waals surface area contributed by atoms with Crippen LogP contribution in [0.1, 0.15) is 66.6 Å². The van der Waals surface area contributed by atoms with Crippen molar-refractivity contribution in [3.63, 3.8) is 0 Å². The summed E-state index contributed by atoms with van der Waals surface area (Å²) in [5, 5.41) is 17.4. The number of aliphatic hydroxyl groups excluding tert-OH is 1. The van der Waals surface area contributed by atoms with Crippen LogP contribution in [-0.2, 0) is 18.3 Å². The van der Waals surface area contributed by atoms with Crippen molar-refractivity contribution in [3.05, 3.63) is 113 Å². The number of nitrogens with zero attached hydrogens (tertiary/aromatic N) is 8. The summed E-state index contributed by atoms with van der Waals surface area (Å²) in [6.07, 6.45) is 4.21. The third-order valence-electron chi connectivity index (χ3n) is 8.55. The molecule has 5 aromatic rings. The van der Waals surface area contributed by atoms with E-state index in [1.54, 1.807) is 17.9 Å². The smallest absolute Gasteiger partial charge is 0.350 e. The average Bonchev–Trinajstić information content (AvgIpc) is 3.99. The van der Waals surface area contributed by atoms with Gasteiger partial charge in [-0.3, -0.25) is 4.68 Å². The monoisotopic (exact) mass is 764 g/mol. The molecule has 0 bridgehead atoms. The third kappa shape index (κ3) is 12.7. The fraction of sp³-hybridized carbons (Fsp3) is 0.463. The summed E-state index contributed by atoms with van der Waals surface area (Å²) in [5.74, 6) is -0.265. The molecule has 0 amide bonds.